The Bertz CT molecular complexity index is 888. The van der Waals surface area contributed by atoms with Gasteiger partial charge in [-0.2, -0.15) is 18.6 Å². The molecule has 1 aromatic rings. The second kappa shape index (κ2) is 10.8. The molecule has 10 N–H and O–H groups in total. The Morgan fingerprint density at radius 1 is 1.25 bits per heavy atom. The minimum Gasteiger partial charge on any atom is -0.508 e. The molecule has 156 valence electrons. The van der Waals surface area contributed by atoms with E-state index >= 15 is 0 Å². The van der Waals surface area contributed by atoms with Gasteiger partial charge in [-0.25, -0.2) is 5.43 Å². The largest absolute Gasteiger partial charge is 0.508 e. The summed E-state index contributed by atoms with van der Waals surface area (Å²) in [6.07, 6.45) is 1.33. The Labute approximate surface area is 163 Å². The van der Waals surface area contributed by atoms with E-state index in [0.29, 0.717) is 16.8 Å². The summed E-state index contributed by atoms with van der Waals surface area (Å²) in [5.74, 6) is -0.348. The van der Waals surface area contributed by atoms with E-state index in [1.165, 1.54) is 25.3 Å². The fourth-order valence-corrected chi connectivity index (χ4v) is 2.53. The molecule has 0 bridgehead atoms. The molecule has 0 aliphatic heterocycles. The van der Waals surface area contributed by atoms with E-state index in [-0.39, 0.29) is 28.5 Å². The molecule has 13 heteroatoms. The van der Waals surface area contributed by atoms with Crippen LogP contribution in [0.5, 0.6) is 5.75 Å². The fraction of sp³-hybridized carbons (Fsp3) is 0.333. The number of nitrogens with two attached hydrogens (primary N) is 3. The standard InChI is InChI=1S/C10H14O4S.C5H12N8/c1-6(2)8-5-10(15(12,13)14)7(3)4-9(8)11;1-3(11-13-5(8)9)2-10-12-4(6)7/h4-6,11H,1-3H3,(H,12,13,14);2H,1H3,(H4,6,7,12)(H4,8,9,13)/b;10-2-,11-3+. The van der Waals surface area contributed by atoms with E-state index in [1.807, 2.05) is 13.8 Å². The van der Waals surface area contributed by atoms with Crippen LogP contribution in [-0.2, 0) is 10.1 Å². The zero-order valence-electron chi connectivity index (χ0n) is 16.0. The molecular formula is C15H26N8O4S. The zero-order chi connectivity index (χ0) is 22.1. The quantitative estimate of drug-likeness (QED) is 0.152. The van der Waals surface area contributed by atoms with Gasteiger partial charge in [-0.3, -0.25) is 9.96 Å². The number of phenols is 1. The number of hydrogen-bond acceptors (Lipinski definition) is 7. The minimum atomic E-state index is -4.22. The maximum absolute atomic E-state index is 11.0. The molecule has 0 spiro atoms. The molecule has 0 radical (unpaired) electrons. The zero-order valence-corrected chi connectivity index (χ0v) is 16.8. The van der Waals surface area contributed by atoms with Gasteiger partial charge < -0.3 is 22.3 Å². The minimum absolute atomic E-state index is 0.00824. The topological polar surface area (TPSA) is 226 Å². The third-order valence-electron chi connectivity index (χ3n) is 2.98. The number of guanidine groups is 2. The van der Waals surface area contributed by atoms with Gasteiger partial charge in [0.05, 0.1) is 16.8 Å². The van der Waals surface area contributed by atoms with Crippen LogP contribution >= 0.6 is 0 Å². The molecule has 0 saturated carbocycles. The third-order valence-corrected chi connectivity index (χ3v) is 3.98. The maximum Gasteiger partial charge on any atom is 0.294 e. The van der Waals surface area contributed by atoms with Gasteiger partial charge in [0.25, 0.3) is 10.1 Å². The van der Waals surface area contributed by atoms with Crippen molar-refractivity contribution in [2.24, 2.45) is 32.5 Å². The van der Waals surface area contributed by atoms with E-state index in [0.717, 1.165) is 0 Å². The molecule has 0 atom stereocenters. The van der Waals surface area contributed by atoms with Gasteiger partial charge >= 0.3 is 0 Å². The highest BCUT2D eigenvalue weighted by Crippen LogP contribution is 2.30. The van der Waals surface area contributed by atoms with Crippen molar-refractivity contribution in [3.8, 4) is 5.75 Å². The number of nitrogens with one attached hydrogen (secondary N) is 2. The number of rotatable bonds is 5. The number of aryl methyl sites for hydroxylation is 1. The van der Waals surface area contributed by atoms with Crippen molar-refractivity contribution in [1.82, 2.24) is 5.43 Å². The number of nitrogens with zero attached hydrogens (tertiary/aromatic N) is 3. The highest BCUT2D eigenvalue weighted by atomic mass is 32.2. The maximum atomic E-state index is 11.0. The number of aromatic hydroxyl groups is 1. The molecule has 1 aromatic carbocycles. The van der Waals surface area contributed by atoms with Crippen LogP contribution < -0.4 is 22.6 Å². The summed E-state index contributed by atoms with van der Waals surface area (Å²) in [6.45, 7) is 6.82. The van der Waals surface area contributed by atoms with Crippen molar-refractivity contribution in [3.63, 3.8) is 0 Å². The SMILES string of the molecule is CC(/C=N\NC(=N)N)=N\N=C(N)N.Cc1cc(O)c(C(C)C)cc1S(=O)(=O)O. The van der Waals surface area contributed by atoms with Gasteiger partial charge in [0.1, 0.15) is 5.75 Å². The highest BCUT2D eigenvalue weighted by Gasteiger charge is 2.17. The number of hydrazone groups is 1. The average molecular weight is 414 g/mol. The normalized spacial score (nSPS) is 11.7. The summed E-state index contributed by atoms with van der Waals surface area (Å²) in [5, 5.41) is 26.8. The molecule has 28 heavy (non-hydrogen) atoms. The predicted molar refractivity (Wildman–Crippen MR) is 109 cm³/mol. The van der Waals surface area contributed by atoms with Crippen LogP contribution in [0.2, 0.25) is 0 Å². The Hall–Kier alpha value is -3.19. The molecule has 1 rings (SSSR count). The van der Waals surface area contributed by atoms with Crippen molar-refractivity contribution in [2.45, 2.75) is 38.5 Å². The first-order valence-electron chi connectivity index (χ1n) is 7.83. The van der Waals surface area contributed by atoms with Crippen LogP contribution in [0, 0.1) is 12.3 Å². The van der Waals surface area contributed by atoms with Crippen LogP contribution in [0.4, 0.5) is 0 Å². The van der Waals surface area contributed by atoms with Gasteiger partial charge in [-0.1, -0.05) is 13.8 Å². The molecule has 12 nitrogen and oxygen atoms in total. The highest BCUT2D eigenvalue weighted by molar-refractivity contribution is 7.85. The second-order valence-electron chi connectivity index (χ2n) is 5.86. The molecule has 0 amide bonds. The summed E-state index contributed by atoms with van der Waals surface area (Å²) < 4.78 is 31.0. The van der Waals surface area contributed by atoms with Crippen LogP contribution in [0.15, 0.2) is 32.3 Å². The predicted octanol–water partition coefficient (Wildman–Crippen LogP) is 0.175. The van der Waals surface area contributed by atoms with Gasteiger partial charge in [0.2, 0.25) is 11.9 Å². The molecule has 0 aliphatic rings. The number of benzene rings is 1. The van der Waals surface area contributed by atoms with Crippen LogP contribution in [0.1, 0.15) is 37.8 Å². The monoisotopic (exact) mass is 414 g/mol. The van der Waals surface area contributed by atoms with Gasteiger partial charge in [0.15, 0.2) is 0 Å². The molecule has 0 fully saturated rings. The van der Waals surface area contributed by atoms with Gasteiger partial charge in [0, 0.05) is 0 Å². The Kier molecular flexibility index (Phi) is 9.60. The average Bonchev–Trinajstić information content (AvgIpc) is 2.51. The first kappa shape index (κ1) is 24.8. The first-order valence-corrected chi connectivity index (χ1v) is 9.27. The van der Waals surface area contributed by atoms with Gasteiger partial charge in [-0.05, 0) is 43.0 Å². The molecule has 0 aromatic heterocycles. The molecule has 0 aliphatic carbocycles. The van der Waals surface area contributed by atoms with Crippen molar-refractivity contribution in [1.29, 1.82) is 5.41 Å². The molecule has 0 unspecified atom stereocenters. The second-order valence-corrected chi connectivity index (χ2v) is 7.25. The molecule has 0 heterocycles. The van der Waals surface area contributed by atoms with E-state index < -0.39 is 10.1 Å². The molecule has 0 saturated heterocycles. The van der Waals surface area contributed by atoms with E-state index in [4.69, 9.17) is 27.2 Å². The summed E-state index contributed by atoms with van der Waals surface area (Å²) in [5.41, 5.74) is 18.5. The first-order chi connectivity index (χ1) is 12.8. The summed E-state index contributed by atoms with van der Waals surface area (Å²) >= 11 is 0. The van der Waals surface area contributed by atoms with E-state index in [9.17, 15) is 13.5 Å². The Morgan fingerprint density at radius 2 is 1.82 bits per heavy atom. The lowest BCUT2D eigenvalue weighted by Crippen LogP contribution is -2.25. The Morgan fingerprint density at radius 3 is 2.25 bits per heavy atom. The number of hydrogen-bond donors (Lipinski definition) is 7. The summed E-state index contributed by atoms with van der Waals surface area (Å²) in [4.78, 5) is -0.149. The van der Waals surface area contributed by atoms with E-state index in [2.05, 4.69) is 20.7 Å². The van der Waals surface area contributed by atoms with Crippen molar-refractivity contribution in [2.75, 3.05) is 0 Å². The van der Waals surface area contributed by atoms with Crippen LogP contribution in [-0.4, -0.2) is 41.9 Å². The van der Waals surface area contributed by atoms with Gasteiger partial charge in [-0.15, -0.1) is 5.10 Å². The summed E-state index contributed by atoms with van der Waals surface area (Å²) in [6, 6.07) is 2.66. The lowest BCUT2D eigenvalue weighted by molar-refractivity contribution is 0.461. The lowest BCUT2D eigenvalue weighted by atomic mass is 10.0. The van der Waals surface area contributed by atoms with Crippen molar-refractivity contribution < 1.29 is 18.1 Å². The lowest BCUT2D eigenvalue weighted by Gasteiger charge is -2.11. The van der Waals surface area contributed by atoms with Crippen molar-refractivity contribution >= 4 is 34.0 Å². The fourth-order valence-electron chi connectivity index (χ4n) is 1.79. The smallest absolute Gasteiger partial charge is 0.294 e. The Balaban J connectivity index is 0.000000528. The third kappa shape index (κ3) is 9.49. The number of phenolic OH excluding ortho intramolecular Hbond substituents is 1. The van der Waals surface area contributed by atoms with E-state index in [1.54, 1.807) is 6.92 Å². The van der Waals surface area contributed by atoms with Crippen LogP contribution in [0.3, 0.4) is 0 Å². The molecular weight excluding hydrogens is 388 g/mol. The van der Waals surface area contributed by atoms with Crippen molar-refractivity contribution in [3.05, 3.63) is 23.3 Å². The van der Waals surface area contributed by atoms with Crippen LogP contribution in [0.25, 0.3) is 0 Å². The summed E-state index contributed by atoms with van der Waals surface area (Å²) in [7, 11) is -4.22.